The van der Waals surface area contributed by atoms with E-state index in [1.165, 1.54) is 0 Å². The summed E-state index contributed by atoms with van der Waals surface area (Å²) in [5.41, 5.74) is -1.31. The van der Waals surface area contributed by atoms with E-state index in [0.29, 0.717) is 12.1 Å². The van der Waals surface area contributed by atoms with Gasteiger partial charge < -0.3 is 10.4 Å². The minimum absolute atomic E-state index is 0.357. The zero-order chi connectivity index (χ0) is 14.9. The van der Waals surface area contributed by atoms with Gasteiger partial charge in [-0.3, -0.25) is 4.79 Å². The zero-order valence-corrected chi connectivity index (χ0v) is 11.0. The average Bonchev–Trinajstić information content (AvgIpc) is 2.78. The van der Waals surface area contributed by atoms with Crippen molar-refractivity contribution in [1.29, 1.82) is 0 Å². The van der Waals surface area contributed by atoms with Crippen LogP contribution in [0.25, 0.3) is 0 Å². The molecule has 1 aliphatic carbocycles. The number of nitrogens with one attached hydrogen (secondary N) is 1. The molecule has 1 fully saturated rings. The first-order valence-corrected chi connectivity index (χ1v) is 6.37. The first kappa shape index (κ1) is 14.4. The van der Waals surface area contributed by atoms with Crippen LogP contribution >= 0.6 is 0 Å². The second-order valence-corrected chi connectivity index (χ2v) is 5.34. The van der Waals surface area contributed by atoms with E-state index in [-0.39, 0.29) is 5.56 Å². The van der Waals surface area contributed by atoms with E-state index < -0.39 is 34.6 Å². The lowest BCUT2D eigenvalue weighted by Gasteiger charge is -2.25. The van der Waals surface area contributed by atoms with Crippen LogP contribution in [0.2, 0.25) is 0 Å². The number of carboxylic acids is 1. The highest BCUT2D eigenvalue weighted by atomic mass is 19.2. The van der Waals surface area contributed by atoms with Crippen molar-refractivity contribution in [3.05, 3.63) is 34.9 Å². The maximum atomic E-state index is 13.2. The quantitative estimate of drug-likeness (QED) is 0.896. The SMILES string of the molecule is CC1(NC(=O)c2cc(F)c(F)cc2C(=O)O)CCCC1. The van der Waals surface area contributed by atoms with Crippen LogP contribution in [0.15, 0.2) is 12.1 Å². The molecule has 108 valence electrons. The lowest BCUT2D eigenvalue weighted by atomic mass is 9.98. The molecule has 2 N–H and O–H groups in total. The van der Waals surface area contributed by atoms with Crippen LogP contribution in [0, 0.1) is 11.6 Å². The molecule has 1 aliphatic rings. The van der Waals surface area contributed by atoms with Gasteiger partial charge in [0.15, 0.2) is 11.6 Å². The zero-order valence-electron chi connectivity index (χ0n) is 11.0. The summed E-state index contributed by atoms with van der Waals surface area (Å²) in [6.07, 6.45) is 3.51. The standard InChI is InChI=1S/C14H15F2NO3/c1-14(4-2-3-5-14)17-12(18)8-6-10(15)11(16)7-9(8)13(19)20/h6-7H,2-5H2,1H3,(H,17,18)(H,19,20). The first-order chi connectivity index (χ1) is 9.32. The monoisotopic (exact) mass is 283 g/mol. The number of benzene rings is 1. The van der Waals surface area contributed by atoms with E-state index >= 15 is 0 Å². The summed E-state index contributed by atoms with van der Waals surface area (Å²) in [6, 6.07) is 1.16. The van der Waals surface area contributed by atoms with E-state index in [2.05, 4.69) is 5.32 Å². The minimum atomic E-state index is -1.47. The van der Waals surface area contributed by atoms with Gasteiger partial charge in [-0.15, -0.1) is 0 Å². The predicted octanol–water partition coefficient (Wildman–Crippen LogP) is 2.73. The van der Waals surface area contributed by atoms with Gasteiger partial charge in [0.05, 0.1) is 11.1 Å². The minimum Gasteiger partial charge on any atom is -0.478 e. The molecule has 0 radical (unpaired) electrons. The maximum absolute atomic E-state index is 13.2. The molecule has 6 heteroatoms. The lowest BCUT2D eigenvalue weighted by Crippen LogP contribution is -2.44. The van der Waals surface area contributed by atoms with E-state index in [4.69, 9.17) is 5.11 Å². The van der Waals surface area contributed by atoms with Crippen molar-refractivity contribution >= 4 is 11.9 Å². The molecule has 0 unspecified atom stereocenters. The third-order valence-corrected chi connectivity index (χ3v) is 3.66. The first-order valence-electron chi connectivity index (χ1n) is 6.37. The molecule has 1 amide bonds. The van der Waals surface area contributed by atoms with Crippen LogP contribution in [-0.2, 0) is 0 Å². The normalized spacial score (nSPS) is 16.9. The summed E-state index contributed by atoms with van der Waals surface area (Å²) < 4.78 is 26.3. The van der Waals surface area contributed by atoms with E-state index in [9.17, 15) is 18.4 Å². The van der Waals surface area contributed by atoms with E-state index in [1.54, 1.807) is 0 Å². The van der Waals surface area contributed by atoms with Crippen molar-refractivity contribution in [2.75, 3.05) is 0 Å². The number of halogens is 2. The van der Waals surface area contributed by atoms with Crippen LogP contribution in [0.3, 0.4) is 0 Å². The molecular formula is C14H15F2NO3. The molecular weight excluding hydrogens is 268 g/mol. The van der Waals surface area contributed by atoms with Crippen LogP contribution in [0.4, 0.5) is 8.78 Å². The molecule has 1 saturated carbocycles. The highest BCUT2D eigenvalue weighted by Crippen LogP contribution is 2.29. The third kappa shape index (κ3) is 2.79. The van der Waals surface area contributed by atoms with Crippen molar-refractivity contribution in [3.63, 3.8) is 0 Å². The van der Waals surface area contributed by atoms with Crippen LogP contribution in [0.1, 0.15) is 53.3 Å². The molecule has 0 aromatic heterocycles. The van der Waals surface area contributed by atoms with Crippen molar-refractivity contribution < 1.29 is 23.5 Å². The van der Waals surface area contributed by atoms with Gasteiger partial charge in [0.25, 0.3) is 5.91 Å². The Balaban J connectivity index is 2.33. The van der Waals surface area contributed by atoms with Crippen LogP contribution in [0.5, 0.6) is 0 Å². The molecule has 4 nitrogen and oxygen atoms in total. The summed E-state index contributed by atoms with van der Waals surface area (Å²) in [4.78, 5) is 23.2. The maximum Gasteiger partial charge on any atom is 0.336 e. The molecule has 1 aromatic carbocycles. The van der Waals surface area contributed by atoms with Crippen LogP contribution < -0.4 is 5.32 Å². The van der Waals surface area contributed by atoms with Gasteiger partial charge in [0.2, 0.25) is 0 Å². The molecule has 0 atom stereocenters. The molecule has 0 bridgehead atoms. The Morgan fingerprint density at radius 1 is 1.15 bits per heavy atom. The molecule has 1 aromatic rings. The van der Waals surface area contributed by atoms with Crippen molar-refractivity contribution in [3.8, 4) is 0 Å². The smallest absolute Gasteiger partial charge is 0.336 e. The Bertz CT molecular complexity index is 566. The number of amides is 1. The average molecular weight is 283 g/mol. The summed E-state index contributed by atoms with van der Waals surface area (Å²) in [5.74, 6) is -4.68. The Hall–Kier alpha value is -1.98. The second kappa shape index (κ2) is 5.19. The fourth-order valence-corrected chi connectivity index (χ4v) is 2.53. The highest BCUT2D eigenvalue weighted by Gasteiger charge is 2.32. The van der Waals surface area contributed by atoms with Gasteiger partial charge in [-0.1, -0.05) is 12.8 Å². The third-order valence-electron chi connectivity index (χ3n) is 3.66. The fraction of sp³-hybridized carbons (Fsp3) is 0.429. The van der Waals surface area contributed by atoms with E-state index in [1.807, 2.05) is 6.92 Å². The van der Waals surface area contributed by atoms with Gasteiger partial charge in [-0.05, 0) is 31.9 Å². The summed E-state index contributed by atoms with van der Waals surface area (Å²) in [7, 11) is 0. The molecule has 2 rings (SSSR count). The molecule has 0 heterocycles. The number of carbonyl (C=O) groups excluding carboxylic acids is 1. The van der Waals surface area contributed by atoms with Crippen LogP contribution in [-0.4, -0.2) is 22.5 Å². The number of carboxylic acid groups (broad SMARTS) is 1. The molecule has 0 aliphatic heterocycles. The summed E-state index contributed by atoms with van der Waals surface area (Å²) in [6.45, 7) is 1.86. The number of rotatable bonds is 3. The summed E-state index contributed by atoms with van der Waals surface area (Å²) in [5, 5.41) is 11.7. The van der Waals surface area contributed by atoms with Gasteiger partial charge in [0, 0.05) is 5.54 Å². The van der Waals surface area contributed by atoms with Gasteiger partial charge in [-0.25, -0.2) is 13.6 Å². The van der Waals surface area contributed by atoms with E-state index in [0.717, 1.165) is 25.7 Å². The number of hydrogen-bond donors (Lipinski definition) is 2. The second-order valence-electron chi connectivity index (χ2n) is 5.34. The van der Waals surface area contributed by atoms with Gasteiger partial charge in [-0.2, -0.15) is 0 Å². The largest absolute Gasteiger partial charge is 0.478 e. The predicted molar refractivity (Wildman–Crippen MR) is 67.7 cm³/mol. The number of aromatic carboxylic acids is 1. The van der Waals surface area contributed by atoms with Crippen molar-refractivity contribution in [2.45, 2.75) is 38.1 Å². The van der Waals surface area contributed by atoms with Gasteiger partial charge in [0.1, 0.15) is 0 Å². The van der Waals surface area contributed by atoms with Gasteiger partial charge >= 0.3 is 5.97 Å². The Kier molecular flexibility index (Phi) is 3.74. The molecule has 0 spiro atoms. The Morgan fingerprint density at radius 3 is 2.15 bits per heavy atom. The summed E-state index contributed by atoms with van der Waals surface area (Å²) >= 11 is 0. The van der Waals surface area contributed by atoms with Crippen molar-refractivity contribution in [1.82, 2.24) is 5.32 Å². The lowest BCUT2D eigenvalue weighted by molar-refractivity contribution is 0.0688. The Morgan fingerprint density at radius 2 is 1.65 bits per heavy atom. The molecule has 0 saturated heterocycles. The fourth-order valence-electron chi connectivity index (χ4n) is 2.53. The highest BCUT2D eigenvalue weighted by molar-refractivity contribution is 6.05. The number of hydrogen-bond acceptors (Lipinski definition) is 2. The topological polar surface area (TPSA) is 66.4 Å². The van der Waals surface area contributed by atoms with Crippen molar-refractivity contribution in [2.24, 2.45) is 0 Å². The molecule has 20 heavy (non-hydrogen) atoms. The Labute approximate surface area is 114 Å². The number of carbonyl (C=O) groups is 2.